The van der Waals surface area contributed by atoms with E-state index in [-0.39, 0.29) is 17.2 Å². The van der Waals surface area contributed by atoms with Crippen LogP contribution >= 0.6 is 11.6 Å². The third-order valence-electron chi connectivity index (χ3n) is 9.78. The minimum Gasteiger partial charge on any atom is -0.465 e. The molecule has 9 nitrogen and oxygen atoms in total. The van der Waals surface area contributed by atoms with Crippen molar-refractivity contribution in [3.8, 4) is 5.69 Å². The Balaban J connectivity index is 1.13. The summed E-state index contributed by atoms with van der Waals surface area (Å²) in [6, 6.07) is 21.1. The topological polar surface area (TPSA) is 86.0 Å². The van der Waals surface area contributed by atoms with Crippen LogP contribution in [-0.4, -0.2) is 65.0 Å². The zero-order valence-electron chi connectivity index (χ0n) is 26.7. The summed E-state index contributed by atoms with van der Waals surface area (Å²) >= 11 is 6.47. The minimum atomic E-state index is -0.552. The monoisotopic (exact) mass is 642 g/mol. The lowest BCUT2D eigenvalue weighted by Crippen LogP contribution is -2.61. The highest BCUT2D eigenvalue weighted by Crippen LogP contribution is 2.50. The molecule has 0 N–H and O–H groups in total. The van der Waals surface area contributed by atoms with Gasteiger partial charge in [-0.05, 0) is 107 Å². The lowest BCUT2D eigenvalue weighted by Gasteiger charge is -2.55. The molecule has 3 aromatic carbocycles. The molecule has 1 aromatic heterocycles. The van der Waals surface area contributed by atoms with E-state index in [0.29, 0.717) is 23.7 Å². The van der Waals surface area contributed by atoms with Crippen molar-refractivity contribution in [3.63, 3.8) is 0 Å². The van der Waals surface area contributed by atoms with Gasteiger partial charge in [-0.2, -0.15) is 0 Å². The quantitative estimate of drug-likeness (QED) is 0.228. The van der Waals surface area contributed by atoms with E-state index in [1.807, 2.05) is 78.8 Å². The maximum atomic E-state index is 14.3. The number of benzene rings is 3. The fraction of sp³-hybridized carbons (Fsp3) is 0.417. The standard InChI is InChI=1S/C36H39ClN4O5/c1-34(2,3)46-33(44)38-18-16-35(17-19-38)22-39(23-35)27-9-11-28(12-10-27)40-30-21-26(37)8-13-29(30)41(32(40)43)36(14-15-36)25-7-5-6-24(20-25)31(42)45-4/h5-13,20-21H,14-19,22-23H2,1-4H3. The van der Waals surface area contributed by atoms with Gasteiger partial charge in [0.25, 0.3) is 0 Å². The zero-order chi connectivity index (χ0) is 32.4. The number of ether oxygens (including phenoxy) is 2. The maximum Gasteiger partial charge on any atom is 0.410 e. The molecule has 1 spiro atoms. The number of piperidine rings is 1. The van der Waals surface area contributed by atoms with Gasteiger partial charge in [-0.1, -0.05) is 23.7 Å². The molecular weight excluding hydrogens is 604 g/mol. The summed E-state index contributed by atoms with van der Waals surface area (Å²) in [5.74, 6) is -0.404. The number of fused-ring (bicyclic) bond motifs is 1. The summed E-state index contributed by atoms with van der Waals surface area (Å²) in [4.78, 5) is 43.3. The first-order valence-electron chi connectivity index (χ1n) is 15.9. The normalized spacial score (nSPS) is 18.4. The smallest absolute Gasteiger partial charge is 0.410 e. The Bertz CT molecular complexity index is 1880. The van der Waals surface area contributed by atoms with Crippen molar-refractivity contribution in [2.75, 3.05) is 38.2 Å². The van der Waals surface area contributed by atoms with E-state index in [9.17, 15) is 14.4 Å². The van der Waals surface area contributed by atoms with E-state index in [2.05, 4.69) is 17.0 Å². The molecule has 1 amide bonds. The number of esters is 1. The number of hydrogen-bond acceptors (Lipinski definition) is 6. The molecule has 46 heavy (non-hydrogen) atoms. The molecule has 0 atom stereocenters. The Morgan fingerprint density at radius 3 is 2.15 bits per heavy atom. The fourth-order valence-corrected chi connectivity index (χ4v) is 7.38. The molecular formula is C36H39ClN4O5. The molecule has 0 bridgehead atoms. The van der Waals surface area contributed by atoms with Crippen molar-refractivity contribution in [3.05, 3.63) is 93.4 Å². The number of imidazole rings is 1. The van der Waals surface area contributed by atoms with Crippen molar-refractivity contribution < 1.29 is 19.1 Å². The Hall–Kier alpha value is -4.24. The van der Waals surface area contributed by atoms with Gasteiger partial charge in [-0.15, -0.1) is 0 Å². The molecule has 2 saturated heterocycles. The summed E-state index contributed by atoms with van der Waals surface area (Å²) in [6.07, 6.45) is 3.26. The number of halogens is 1. The first-order valence-corrected chi connectivity index (χ1v) is 16.3. The first-order chi connectivity index (χ1) is 21.9. The molecule has 4 aromatic rings. The summed E-state index contributed by atoms with van der Waals surface area (Å²) in [5, 5.41) is 0.552. The van der Waals surface area contributed by atoms with Crippen LogP contribution in [0.25, 0.3) is 16.7 Å². The second-order valence-electron chi connectivity index (χ2n) is 14.0. The van der Waals surface area contributed by atoms with Gasteiger partial charge in [0.05, 0.1) is 34.9 Å². The predicted molar refractivity (Wildman–Crippen MR) is 178 cm³/mol. The lowest BCUT2D eigenvalue weighted by molar-refractivity contribution is 0.00596. The van der Waals surface area contributed by atoms with Crippen LogP contribution in [0.15, 0.2) is 71.5 Å². The van der Waals surface area contributed by atoms with Crippen LogP contribution in [0.3, 0.4) is 0 Å². The van der Waals surface area contributed by atoms with Crippen molar-refractivity contribution >= 4 is 40.4 Å². The molecule has 3 aliphatic rings. The number of carbonyl (C=O) groups is 2. The van der Waals surface area contributed by atoms with Gasteiger partial charge in [0.2, 0.25) is 0 Å². The van der Waals surface area contributed by atoms with Gasteiger partial charge in [0, 0.05) is 42.3 Å². The molecule has 1 saturated carbocycles. The summed E-state index contributed by atoms with van der Waals surface area (Å²) in [5.41, 5.74) is 3.79. The molecule has 0 unspecified atom stereocenters. The lowest BCUT2D eigenvalue weighted by atomic mass is 9.72. The second kappa shape index (κ2) is 10.9. The van der Waals surface area contributed by atoms with E-state index < -0.39 is 17.1 Å². The van der Waals surface area contributed by atoms with Crippen LogP contribution in [0.2, 0.25) is 5.02 Å². The van der Waals surface area contributed by atoms with Crippen LogP contribution in [0.1, 0.15) is 62.4 Å². The Morgan fingerprint density at radius 2 is 1.52 bits per heavy atom. The second-order valence-corrected chi connectivity index (χ2v) is 14.5. The number of aromatic nitrogens is 2. The van der Waals surface area contributed by atoms with Crippen LogP contribution in [0.4, 0.5) is 10.5 Å². The van der Waals surface area contributed by atoms with E-state index in [4.69, 9.17) is 21.1 Å². The van der Waals surface area contributed by atoms with Crippen molar-refractivity contribution in [1.29, 1.82) is 0 Å². The number of amides is 1. The summed E-state index contributed by atoms with van der Waals surface area (Å²) in [6.45, 7) is 9.00. The molecule has 7 rings (SSSR count). The number of nitrogens with zero attached hydrogens (tertiary/aromatic N) is 4. The van der Waals surface area contributed by atoms with E-state index in [1.54, 1.807) is 10.6 Å². The average molecular weight is 643 g/mol. The van der Waals surface area contributed by atoms with Crippen LogP contribution in [0, 0.1) is 5.41 Å². The van der Waals surface area contributed by atoms with Crippen molar-refractivity contribution in [2.24, 2.45) is 5.41 Å². The molecule has 3 heterocycles. The zero-order valence-corrected chi connectivity index (χ0v) is 27.5. The highest BCUT2D eigenvalue weighted by molar-refractivity contribution is 6.31. The largest absolute Gasteiger partial charge is 0.465 e. The third-order valence-corrected chi connectivity index (χ3v) is 10.0. The highest BCUT2D eigenvalue weighted by Gasteiger charge is 2.49. The Morgan fingerprint density at radius 1 is 0.848 bits per heavy atom. The Labute approximate surface area is 273 Å². The fourth-order valence-electron chi connectivity index (χ4n) is 7.21. The average Bonchev–Trinajstić information content (AvgIpc) is 3.76. The molecule has 240 valence electrons. The molecule has 0 radical (unpaired) electrons. The van der Waals surface area contributed by atoms with Crippen molar-refractivity contribution in [1.82, 2.24) is 14.0 Å². The van der Waals surface area contributed by atoms with Crippen LogP contribution in [-0.2, 0) is 15.0 Å². The molecule has 10 heteroatoms. The molecule has 2 aliphatic heterocycles. The predicted octanol–water partition coefficient (Wildman–Crippen LogP) is 6.61. The van der Waals surface area contributed by atoms with Crippen molar-refractivity contribution in [2.45, 2.75) is 57.6 Å². The summed E-state index contributed by atoms with van der Waals surface area (Å²) < 4.78 is 14.1. The van der Waals surface area contributed by atoms with E-state index >= 15 is 0 Å². The number of carbonyl (C=O) groups excluding carboxylic acids is 2. The number of anilines is 1. The SMILES string of the molecule is COC(=O)c1cccc(C2(n3c(=O)n(-c4ccc(N5CC6(CCN(C(=O)OC(C)(C)C)CC6)C5)cc4)c4cc(Cl)ccc43)CC2)c1. The van der Waals surface area contributed by atoms with Crippen LogP contribution in [0.5, 0.6) is 0 Å². The Kier molecular flexibility index (Phi) is 7.23. The summed E-state index contributed by atoms with van der Waals surface area (Å²) in [7, 11) is 1.37. The van der Waals surface area contributed by atoms with Crippen LogP contribution < -0.4 is 10.6 Å². The van der Waals surface area contributed by atoms with Gasteiger partial charge < -0.3 is 19.3 Å². The van der Waals surface area contributed by atoms with Gasteiger partial charge >= 0.3 is 17.8 Å². The van der Waals surface area contributed by atoms with Gasteiger partial charge in [-0.3, -0.25) is 9.13 Å². The van der Waals surface area contributed by atoms with Gasteiger partial charge in [0.1, 0.15) is 5.60 Å². The molecule has 1 aliphatic carbocycles. The number of methoxy groups -OCH3 is 1. The van der Waals surface area contributed by atoms with E-state index in [0.717, 1.165) is 66.7 Å². The van der Waals surface area contributed by atoms with Gasteiger partial charge in [-0.25, -0.2) is 14.4 Å². The third kappa shape index (κ3) is 5.24. The minimum absolute atomic E-state index is 0.148. The number of hydrogen-bond donors (Lipinski definition) is 0. The number of likely N-dealkylation sites (tertiary alicyclic amines) is 1. The molecule has 3 fully saturated rings. The highest BCUT2D eigenvalue weighted by atomic mass is 35.5. The van der Waals surface area contributed by atoms with Gasteiger partial charge in [0.15, 0.2) is 0 Å². The first kappa shape index (κ1) is 30.4. The number of rotatable bonds is 5. The maximum absolute atomic E-state index is 14.3. The van der Waals surface area contributed by atoms with E-state index in [1.165, 1.54) is 7.11 Å².